The summed E-state index contributed by atoms with van der Waals surface area (Å²) in [6.45, 7) is 4.29. The summed E-state index contributed by atoms with van der Waals surface area (Å²) < 4.78 is 1.99. The summed E-state index contributed by atoms with van der Waals surface area (Å²) in [6, 6.07) is 10.3. The van der Waals surface area contributed by atoms with Crippen LogP contribution in [0.4, 0.5) is 0 Å². The molecule has 0 aliphatic heterocycles. The third kappa shape index (κ3) is 2.21. The van der Waals surface area contributed by atoms with Gasteiger partial charge in [0, 0.05) is 5.56 Å². The van der Waals surface area contributed by atoms with Crippen molar-refractivity contribution in [2.24, 2.45) is 0 Å². The van der Waals surface area contributed by atoms with Crippen molar-refractivity contribution in [2.75, 3.05) is 0 Å². The minimum Gasteiger partial charge on any atom is -0.298 e. The van der Waals surface area contributed by atoms with Crippen molar-refractivity contribution < 1.29 is 4.79 Å². The molecule has 1 aromatic carbocycles. The molecule has 1 aromatic heterocycles. The first kappa shape index (κ1) is 12.6. The van der Waals surface area contributed by atoms with Crippen molar-refractivity contribution in [3.8, 4) is 11.3 Å². The van der Waals surface area contributed by atoms with E-state index in [9.17, 15) is 4.79 Å². The Hall–Kier alpha value is -1.90. The third-order valence-electron chi connectivity index (χ3n) is 3.29. The monoisotopic (exact) mass is 242 g/mol. The molecule has 2 rings (SSSR count). The van der Waals surface area contributed by atoms with E-state index in [2.05, 4.69) is 18.9 Å². The second-order valence-electron chi connectivity index (χ2n) is 4.35. The van der Waals surface area contributed by atoms with Crippen molar-refractivity contribution in [3.05, 3.63) is 42.1 Å². The van der Waals surface area contributed by atoms with Gasteiger partial charge in [-0.05, 0) is 12.8 Å². The minimum absolute atomic E-state index is 0.342. The Morgan fingerprint density at radius 2 is 1.89 bits per heavy atom. The summed E-state index contributed by atoms with van der Waals surface area (Å²) in [5.74, 6) is 0. The molecular formula is C15H18N2O. The quantitative estimate of drug-likeness (QED) is 0.749. The Labute approximate surface area is 107 Å². The first-order valence-electron chi connectivity index (χ1n) is 6.39. The molecule has 0 N–H and O–H groups in total. The van der Waals surface area contributed by atoms with E-state index in [1.54, 1.807) is 6.20 Å². The molecule has 0 aliphatic carbocycles. The molecule has 0 saturated heterocycles. The predicted molar refractivity (Wildman–Crippen MR) is 72.7 cm³/mol. The molecule has 0 fully saturated rings. The average Bonchev–Trinajstić information content (AvgIpc) is 2.85. The Balaban J connectivity index is 2.56. The van der Waals surface area contributed by atoms with Crippen LogP contribution < -0.4 is 0 Å². The fraction of sp³-hybridized carbons (Fsp3) is 0.333. The highest BCUT2D eigenvalue weighted by atomic mass is 16.1. The largest absolute Gasteiger partial charge is 0.298 e. The summed E-state index contributed by atoms with van der Waals surface area (Å²) in [5, 5.41) is 4.39. The summed E-state index contributed by atoms with van der Waals surface area (Å²) in [5.41, 5.74) is 2.64. The van der Waals surface area contributed by atoms with Gasteiger partial charge in [0.25, 0.3) is 0 Å². The van der Waals surface area contributed by atoms with E-state index < -0.39 is 0 Å². The standard InChI is InChI=1S/C15H18N2O/c1-3-14(4-2)17-15(13(11-18)10-16-17)12-8-6-5-7-9-12/h5-11,14H,3-4H2,1-2H3. The average molecular weight is 242 g/mol. The molecule has 3 nitrogen and oxygen atoms in total. The topological polar surface area (TPSA) is 34.9 Å². The highest BCUT2D eigenvalue weighted by molar-refractivity contribution is 5.85. The van der Waals surface area contributed by atoms with E-state index >= 15 is 0 Å². The molecule has 0 aliphatic rings. The zero-order chi connectivity index (χ0) is 13.0. The highest BCUT2D eigenvalue weighted by Gasteiger charge is 2.17. The molecule has 2 aromatic rings. The molecule has 0 saturated carbocycles. The van der Waals surface area contributed by atoms with Crippen LogP contribution in [0.5, 0.6) is 0 Å². The molecule has 0 bridgehead atoms. The zero-order valence-corrected chi connectivity index (χ0v) is 10.8. The van der Waals surface area contributed by atoms with Crippen LogP contribution in [0.1, 0.15) is 43.1 Å². The summed E-state index contributed by atoms with van der Waals surface area (Å²) in [7, 11) is 0. The van der Waals surface area contributed by atoms with Crippen LogP contribution in [0.3, 0.4) is 0 Å². The van der Waals surface area contributed by atoms with Crippen molar-refractivity contribution in [3.63, 3.8) is 0 Å². The second-order valence-corrected chi connectivity index (χ2v) is 4.35. The molecule has 0 atom stereocenters. The number of carbonyl (C=O) groups is 1. The van der Waals surface area contributed by atoms with E-state index in [1.807, 2.05) is 35.0 Å². The normalized spacial score (nSPS) is 10.8. The Morgan fingerprint density at radius 1 is 1.22 bits per heavy atom. The van der Waals surface area contributed by atoms with Crippen LogP contribution in [0.15, 0.2) is 36.5 Å². The zero-order valence-electron chi connectivity index (χ0n) is 10.8. The number of benzene rings is 1. The lowest BCUT2D eigenvalue weighted by atomic mass is 10.1. The van der Waals surface area contributed by atoms with Crippen LogP contribution >= 0.6 is 0 Å². The highest BCUT2D eigenvalue weighted by Crippen LogP contribution is 2.27. The molecule has 0 amide bonds. The van der Waals surface area contributed by atoms with E-state index in [0.717, 1.165) is 30.4 Å². The van der Waals surface area contributed by atoms with E-state index in [-0.39, 0.29) is 0 Å². The molecule has 1 heterocycles. The molecule has 18 heavy (non-hydrogen) atoms. The molecule has 0 radical (unpaired) electrons. The number of carbonyl (C=O) groups excluding carboxylic acids is 1. The number of nitrogens with zero attached hydrogens (tertiary/aromatic N) is 2. The Bertz CT molecular complexity index is 513. The van der Waals surface area contributed by atoms with Crippen molar-refractivity contribution in [1.82, 2.24) is 9.78 Å². The molecule has 0 unspecified atom stereocenters. The van der Waals surface area contributed by atoms with Gasteiger partial charge < -0.3 is 0 Å². The van der Waals surface area contributed by atoms with Crippen LogP contribution in [0.2, 0.25) is 0 Å². The molecular weight excluding hydrogens is 224 g/mol. The van der Waals surface area contributed by atoms with Gasteiger partial charge in [-0.15, -0.1) is 0 Å². The van der Waals surface area contributed by atoms with E-state index in [0.29, 0.717) is 11.6 Å². The number of rotatable bonds is 5. The maximum absolute atomic E-state index is 11.2. The van der Waals surface area contributed by atoms with Crippen LogP contribution in [0.25, 0.3) is 11.3 Å². The maximum Gasteiger partial charge on any atom is 0.153 e. The Morgan fingerprint density at radius 3 is 2.44 bits per heavy atom. The van der Waals surface area contributed by atoms with Gasteiger partial charge in [-0.25, -0.2) is 0 Å². The lowest BCUT2D eigenvalue weighted by Gasteiger charge is -2.17. The summed E-state index contributed by atoms with van der Waals surface area (Å²) >= 11 is 0. The van der Waals surface area contributed by atoms with Crippen LogP contribution in [-0.2, 0) is 0 Å². The lowest BCUT2D eigenvalue weighted by Crippen LogP contribution is -2.10. The molecule has 3 heteroatoms. The van der Waals surface area contributed by atoms with E-state index in [4.69, 9.17) is 0 Å². The van der Waals surface area contributed by atoms with Gasteiger partial charge in [0.15, 0.2) is 6.29 Å². The van der Waals surface area contributed by atoms with Gasteiger partial charge >= 0.3 is 0 Å². The smallest absolute Gasteiger partial charge is 0.153 e. The number of hydrogen-bond acceptors (Lipinski definition) is 2. The SMILES string of the molecule is CCC(CC)n1ncc(C=O)c1-c1ccccc1. The van der Waals surface area contributed by atoms with Gasteiger partial charge in [0.1, 0.15) is 0 Å². The van der Waals surface area contributed by atoms with Crippen molar-refractivity contribution in [2.45, 2.75) is 32.7 Å². The van der Waals surface area contributed by atoms with Gasteiger partial charge in [-0.1, -0.05) is 44.2 Å². The molecule has 0 spiro atoms. The minimum atomic E-state index is 0.342. The summed E-state index contributed by atoms with van der Waals surface area (Å²) in [4.78, 5) is 11.2. The maximum atomic E-state index is 11.2. The molecule has 94 valence electrons. The number of aldehydes is 1. The van der Waals surface area contributed by atoms with Gasteiger partial charge in [-0.2, -0.15) is 5.10 Å². The number of aromatic nitrogens is 2. The fourth-order valence-corrected chi connectivity index (χ4v) is 2.27. The van der Waals surface area contributed by atoms with Crippen molar-refractivity contribution in [1.29, 1.82) is 0 Å². The van der Waals surface area contributed by atoms with Gasteiger partial charge in [-0.3, -0.25) is 9.48 Å². The Kier molecular flexibility index (Phi) is 3.92. The van der Waals surface area contributed by atoms with Gasteiger partial charge in [0.05, 0.1) is 23.5 Å². The number of hydrogen-bond donors (Lipinski definition) is 0. The van der Waals surface area contributed by atoms with Gasteiger partial charge in [0.2, 0.25) is 0 Å². The fourth-order valence-electron chi connectivity index (χ4n) is 2.27. The van der Waals surface area contributed by atoms with Crippen LogP contribution in [-0.4, -0.2) is 16.1 Å². The first-order chi connectivity index (χ1) is 8.81. The predicted octanol–water partition coefficient (Wildman–Crippen LogP) is 3.72. The van der Waals surface area contributed by atoms with Crippen LogP contribution in [0, 0.1) is 0 Å². The first-order valence-corrected chi connectivity index (χ1v) is 6.39. The third-order valence-corrected chi connectivity index (χ3v) is 3.29. The van der Waals surface area contributed by atoms with E-state index in [1.165, 1.54) is 0 Å². The second kappa shape index (κ2) is 5.63. The lowest BCUT2D eigenvalue weighted by molar-refractivity contribution is 0.112. The summed E-state index contributed by atoms with van der Waals surface area (Å²) in [6.07, 6.45) is 4.56. The van der Waals surface area contributed by atoms with Crippen molar-refractivity contribution >= 4 is 6.29 Å².